The summed E-state index contributed by atoms with van der Waals surface area (Å²) >= 11 is 10.0. The number of benzene rings is 1. The van der Waals surface area contributed by atoms with Crippen molar-refractivity contribution in [3.05, 3.63) is 64.3 Å². The van der Waals surface area contributed by atoms with Crippen molar-refractivity contribution in [1.82, 2.24) is 14.3 Å². The smallest absolute Gasteiger partial charge is 0.250 e. The third-order valence-corrected chi connectivity index (χ3v) is 3.90. The first-order valence-corrected chi connectivity index (χ1v) is 9.43. The molecule has 7 heteroatoms. The number of rotatable bonds is 4. The van der Waals surface area contributed by atoms with E-state index in [0.29, 0.717) is 17.3 Å². The highest BCUT2D eigenvalue weighted by Gasteiger charge is 2.08. The summed E-state index contributed by atoms with van der Waals surface area (Å²) in [7, 11) is 0. The van der Waals surface area contributed by atoms with Crippen molar-refractivity contribution in [2.75, 3.05) is 11.5 Å². The van der Waals surface area contributed by atoms with E-state index in [1.54, 1.807) is 39.7 Å². The van der Waals surface area contributed by atoms with Crippen LogP contribution in [0.5, 0.6) is 0 Å². The van der Waals surface area contributed by atoms with E-state index in [2.05, 4.69) is 17.7 Å². The number of nitrogens with zero attached hydrogens (tertiary/aromatic N) is 3. The van der Waals surface area contributed by atoms with Gasteiger partial charge in [0.2, 0.25) is 0 Å². The third kappa shape index (κ3) is 4.93. The molecule has 3 aromatic rings. The van der Waals surface area contributed by atoms with Crippen molar-refractivity contribution in [3.8, 4) is 16.8 Å². The van der Waals surface area contributed by atoms with Gasteiger partial charge in [-0.2, -0.15) is 17.7 Å². The molecule has 2 aromatic heterocycles. The Hall–Kier alpha value is -2.18. The summed E-state index contributed by atoms with van der Waals surface area (Å²) in [6.07, 6.45) is 6.34. The van der Waals surface area contributed by atoms with Crippen molar-refractivity contribution < 1.29 is 0 Å². The van der Waals surface area contributed by atoms with Gasteiger partial charge in [-0.1, -0.05) is 31.5 Å². The number of aromatic nitrogens is 3. The number of hydrogen-bond donors (Lipinski definition) is 2. The summed E-state index contributed by atoms with van der Waals surface area (Å²) in [5.41, 5.74) is 8.93. The topological polar surface area (TPSA) is 65.8 Å². The second-order valence-electron chi connectivity index (χ2n) is 5.65. The van der Waals surface area contributed by atoms with Gasteiger partial charge in [0.1, 0.15) is 0 Å². The molecule has 0 fully saturated rings. The highest BCUT2D eigenvalue weighted by molar-refractivity contribution is 7.80. The zero-order valence-electron chi connectivity index (χ0n) is 14.9. The Morgan fingerprint density at radius 3 is 2.58 bits per heavy atom. The van der Waals surface area contributed by atoms with Crippen molar-refractivity contribution in [1.29, 1.82) is 0 Å². The number of pyridine rings is 1. The van der Waals surface area contributed by atoms with E-state index in [4.69, 9.17) is 17.3 Å². The Morgan fingerprint density at radius 1 is 1.19 bits per heavy atom. The molecular formula is C19H23ClN4OS. The van der Waals surface area contributed by atoms with Gasteiger partial charge in [0.25, 0.3) is 5.56 Å². The van der Waals surface area contributed by atoms with Gasteiger partial charge in [0.05, 0.1) is 16.9 Å². The molecule has 0 bridgehead atoms. The van der Waals surface area contributed by atoms with Crippen LogP contribution in [-0.2, 0) is 6.54 Å². The zero-order chi connectivity index (χ0) is 19.1. The van der Waals surface area contributed by atoms with Crippen molar-refractivity contribution in [3.63, 3.8) is 0 Å². The van der Waals surface area contributed by atoms with E-state index in [1.807, 2.05) is 32.3 Å². The zero-order valence-corrected chi connectivity index (χ0v) is 16.5. The van der Waals surface area contributed by atoms with Gasteiger partial charge >= 0.3 is 0 Å². The number of thiol groups is 1. The van der Waals surface area contributed by atoms with Crippen LogP contribution in [0.25, 0.3) is 16.8 Å². The first kappa shape index (κ1) is 20.1. The molecular weight excluding hydrogens is 368 g/mol. The lowest BCUT2D eigenvalue weighted by molar-refractivity contribution is 0.648. The minimum absolute atomic E-state index is 0.00967. The van der Waals surface area contributed by atoms with Crippen LogP contribution in [0.15, 0.2) is 53.7 Å². The molecule has 1 aromatic carbocycles. The lowest BCUT2D eigenvalue weighted by atomic mass is 10.1. The summed E-state index contributed by atoms with van der Waals surface area (Å²) in [6, 6.07) is 8.71. The fraction of sp³-hybridized carbons (Fsp3) is 0.263. The Morgan fingerprint density at radius 2 is 1.92 bits per heavy atom. The van der Waals surface area contributed by atoms with E-state index in [9.17, 15) is 4.79 Å². The quantitative estimate of drug-likeness (QED) is 0.516. The van der Waals surface area contributed by atoms with Gasteiger partial charge in [-0.15, -0.1) is 0 Å². The molecule has 138 valence electrons. The van der Waals surface area contributed by atoms with Crippen LogP contribution in [0, 0.1) is 0 Å². The highest BCUT2D eigenvalue weighted by Crippen LogP contribution is 2.29. The Bertz CT molecular complexity index is 920. The molecule has 5 nitrogen and oxygen atoms in total. The molecule has 3 rings (SSSR count). The van der Waals surface area contributed by atoms with Crippen molar-refractivity contribution in [2.24, 2.45) is 0 Å². The maximum absolute atomic E-state index is 11.8. The molecule has 0 radical (unpaired) electrons. The SMILES string of the molecule is CCCn1cc(-n2cc(-c3ccc(N)cc3Cl)cn2)ccc1=O.CCS. The van der Waals surface area contributed by atoms with Gasteiger partial charge in [0, 0.05) is 41.8 Å². The van der Waals surface area contributed by atoms with Crippen molar-refractivity contribution in [2.45, 2.75) is 26.8 Å². The summed E-state index contributed by atoms with van der Waals surface area (Å²) in [5, 5.41) is 4.95. The fourth-order valence-corrected chi connectivity index (χ4v) is 2.74. The first-order chi connectivity index (χ1) is 12.5. The molecule has 26 heavy (non-hydrogen) atoms. The summed E-state index contributed by atoms with van der Waals surface area (Å²) in [6.45, 7) is 4.71. The molecule has 0 atom stereocenters. The second kappa shape index (κ2) is 9.50. The molecule has 2 N–H and O–H groups in total. The first-order valence-electron chi connectivity index (χ1n) is 8.42. The van der Waals surface area contributed by atoms with Crippen LogP contribution >= 0.6 is 24.2 Å². The standard InChI is InChI=1S/C17H17ClN4O.C2H6S/c1-2-7-21-11-14(4-6-17(21)23)22-10-12(9-20-22)15-5-3-13(19)8-16(15)18;1-2-3/h3-6,8-11H,2,7,19H2,1H3;3H,2H2,1H3. The van der Waals surface area contributed by atoms with Crippen LogP contribution in [0.4, 0.5) is 5.69 Å². The van der Waals surface area contributed by atoms with Gasteiger partial charge in [-0.05, 0) is 30.4 Å². The molecule has 0 saturated heterocycles. The molecule has 0 aliphatic rings. The molecule has 0 unspecified atom stereocenters. The molecule has 0 aliphatic heterocycles. The van der Waals surface area contributed by atoms with Gasteiger partial charge < -0.3 is 10.3 Å². The predicted octanol–water partition coefficient (Wildman–Crippen LogP) is 4.28. The molecule has 0 amide bonds. The third-order valence-electron chi connectivity index (χ3n) is 3.58. The summed E-state index contributed by atoms with van der Waals surface area (Å²) < 4.78 is 3.42. The average Bonchev–Trinajstić information content (AvgIpc) is 3.07. The highest BCUT2D eigenvalue weighted by atomic mass is 35.5. The minimum Gasteiger partial charge on any atom is -0.399 e. The molecule has 0 aliphatic carbocycles. The largest absolute Gasteiger partial charge is 0.399 e. The molecule has 2 heterocycles. The van der Waals surface area contributed by atoms with Gasteiger partial charge in [-0.25, -0.2) is 4.68 Å². The maximum atomic E-state index is 11.8. The fourth-order valence-electron chi connectivity index (χ4n) is 2.44. The van der Waals surface area contributed by atoms with Gasteiger partial charge in [0.15, 0.2) is 0 Å². The van der Waals surface area contributed by atoms with Crippen LogP contribution in [0.1, 0.15) is 20.3 Å². The second-order valence-corrected chi connectivity index (χ2v) is 6.69. The number of nitrogen functional groups attached to an aromatic ring is 1. The van der Waals surface area contributed by atoms with E-state index in [1.165, 1.54) is 0 Å². The molecule has 0 saturated carbocycles. The number of hydrogen-bond acceptors (Lipinski definition) is 4. The average molecular weight is 391 g/mol. The number of anilines is 1. The van der Waals surface area contributed by atoms with E-state index < -0.39 is 0 Å². The minimum atomic E-state index is -0.00967. The predicted molar refractivity (Wildman–Crippen MR) is 113 cm³/mol. The van der Waals surface area contributed by atoms with E-state index in [0.717, 1.165) is 29.0 Å². The Balaban J connectivity index is 0.000000758. The summed E-state index contributed by atoms with van der Waals surface area (Å²) in [4.78, 5) is 11.8. The molecule has 0 spiro atoms. The normalized spacial score (nSPS) is 10.3. The Labute approximate surface area is 163 Å². The summed E-state index contributed by atoms with van der Waals surface area (Å²) in [5.74, 6) is 0.944. The van der Waals surface area contributed by atoms with Crippen LogP contribution < -0.4 is 11.3 Å². The van der Waals surface area contributed by atoms with Crippen LogP contribution in [-0.4, -0.2) is 20.1 Å². The van der Waals surface area contributed by atoms with Crippen molar-refractivity contribution >= 4 is 29.9 Å². The maximum Gasteiger partial charge on any atom is 0.250 e. The van der Waals surface area contributed by atoms with Crippen LogP contribution in [0.2, 0.25) is 5.02 Å². The lowest BCUT2D eigenvalue weighted by Gasteiger charge is -2.07. The lowest BCUT2D eigenvalue weighted by Crippen LogP contribution is -2.19. The Kier molecular flexibility index (Phi) is 7.36. The monoisotopic (exact) mass is 390 g/mol. The van der Waals surface area contributed by atoms with Gasteiger partial charge in [-0.3, -0.25) is 4.79 Å². The van der Waals surface area contributed by atoms with E-state index in [-0.39, 0.29) is 5.56 Å². The number of aryl methyl sites for hydroxylation is 1. The van der Waals surface area contributed by atoms with E-state index >= 15 is 0 Å². The number of halogens is 1. The van der Waals surface area contributed by atoms with Crippen LogP contribution in [0.3, 0.4) is 0 Å². The number of nitrogens with two attached hydrogens (primary N) is 1.